The van der Waals surface area contributed by atoms with Crippen molar-refractivity contribution in [1.29, 1.82) is 0 Å². The van der Waals surface area contributed by atoms with Crippen molar-refractivity contribution in [3.05, 3.63) is 72.9 Å². The average molecular weight is 555 g/mol. The highest BCUT2D eigenvalue weighted by Gasteiger charge is 2.35. The van der Waals surface area contributed by atoms with Crippen LogP contribution in [0.1, 0.15) is 49.9 Å². The summed E-state index contributed by atoms with van der Waals surface area (Å²) in [5.41, 5.74) is -1.82. The molecular formula is C30H38N2O8. The summed E-state index contributed by atoms with van der Waals surface area (Å²) >= 11 is 0. The molecule has 1 aliphatic heterocycles. The Kier molecular flexibility index (Phi) is 9.32. The fraction of sp³-hybridized carbons (Fsp3) is 0.367. The van der Waals surface area contributed by atoms with E-state index in [0.29, 0.717) is 6.42 Å². The van der Waals surface area contributed by atoms with Gasteiger partial charge in [0.05, 0.1) is 29.1 Å². The van der Waals surface area contributed by atoms with Gasteiger partial charge in [-0.1, -0.05) is 29.9 Å². The molecule has 0 aliphatic carbocycles. The van der Waals surface area contributed by atoms with Crippen molar-refractivity contribution in [1.82, 2.24) is 0 Å². The molecule has 2 aromatic carbocycles. The topological polar surface area (TPSA) is 174 Å². The highest BCUT2D eigenvalue weighted by molar-refractivity contribution is 6.15. The number of benzene rings is 2. The van der Waals surface area contributed by atoms with Crippen molar-refractivity contribution in [2.45, 2.75) is 62.9 Å². The van der Waals surface area contributed by atoms with Gasteiger partial charge in [0.25, 0.3) is 5.91 Å². The number of aliphatic hydroxyl groups excluding tert-OH is 2. The fourth-order valence-corrected chi connectivity index (χ4v) is 4.51. The number of nitrogens with zero attached hydrogens (tertiary/aromatic N) is 1. The number of hydrogen-bond donors (Lipinski definition) is 8. The molecule has 0 fully saturated rings. The van der Waals surface area contributed by atoms with Crippen LogP contribution in [0, 0.1) is 0 Å². The fourth-order valence-electron chi connectivity index (χ4n) is 4.51. The minimum atomic E-state index is -1.70. The highest BCUT2D eigenvalue weighted by atomic mass is 16.3. The average Bonchev–Trinajstić information content (AvgIpc) is 3.03. The summed E-state index contributed by atoms with van der Waals surface area (Å²) in [5, 5.41) is 75.9. The van der Waals surface area contributed by atoms with E-state index in [0.717, 1.165) is 11.6 Å². The Labute approximate surface area is 233 Å². The molecule has 40 heavy (non-hydrogen) atoms. The third kappa shape index (κ3) is 6.48. The molecule has 4 atom stereocenters. The predicted molar refractivity (Wildman–Crippen MR) is 153 cm³/mol. The Morgan fingerprint density at radius 1 is 1.02 bits per heavy atom. The van der Waals surface area contributed by atoms with Crippen molar-refractivity contribution in [3.8, 4) is 17.2 Å². The summed E-state index contributed by atoms with van der Waals surface area (Å²) < 4.78 is 0. The third-order valence-electron chi connectivity index (χ3n) is 7.41. The Balaban J connectivity index is 1.76. The Bertz CT molecular complexity index is 1300. The number of anilines is 3. The van der Waals surface area contributed by atoms with Gasteiger partial charge in [-0.15, -0.1) is 13.2 Å². The number of nitrogens with one attached hydrogen (secondary N) is 1. The van der Waals surface area contributed by atoms with E-state index < -0.39 is 29.3 Å². The quantitative estimate of drug-likeness (QED) is 0.111. The number of phenolic OH excluding ortho intramolecular Hbond substituents is 3. The maximum absolute atomic E-state index is 13.5. The number of carbonyl (C=O) groups is 1. The molecule has 1 amide bonds. The molecule has 10 nitrogen and oxygen atoms in total. The first-order chi connectivity index (χ1) is 18.7. The van der Waals surface area contributed by atoms with Crippen LogP contribution >= 0.6 is 0 Å². The molecule has 0 saturated carbocycles. The lowest BCUT2D eigenvalue weighted by Gasteiger charge is -2.33. The lowest BCUT2D eigenvalue weighted by atomic mass is 9.84. The SMILES string of the molecule is C=CC(C)(O)C(O)CCC(O)(C=C)C(O)CC/C(C)=C/CN1C(=O)c2cccc(O)c2Nc2c(O)cc(O)cc21. The van der Waals surface area contributed by atoms with Crippen LogP contribution in [0.3, 0.4) is 0 Å². The van der Waals surface area contributed by atoms with Crippen molar-refractivity contribution < 1.29 is 40.5 Å². The molecule has 4 unspecified atom stereocenters. The van der Waals surface area contributed by atoms with Crippen molar-refractivity contribution >= 4 is 23.0 Å². The zero-order chi connectivity index (χ0) is 29.8. The Morgan fingerprint density at radius 3 is 2.38 bits per heavy atom. The van der Waals surface area contributed by atoms with Crippen molar-refractivity contribution in [2.24, 2.45) is 0 Å². The number of para-hydroxylation sites is 1. The second-order valence-corrected chi connectivity index (χ2v) is 10.4. The second-order valence-electron chi connectivity index (χ2n) is 10.4. The van der Waals surface area contributed by atoms with Crippen LogP contribution in [-0.2, 0) is 0 Å². The molecule has 2 aromatic rings. The van der Waals surface area contributed by atoms with Crippen LogP contribution in [0.25, 0.3) is 0 Å². The molecule has 0 spiro atoms. The standard InChI is InChI=1S/C30H38N2O8/c1-5-29(4,39)24(36)12-14-30(40,6-2)25(37)11-10-18(3)13-15-32-21-16-19(33)17-23(35)27(21)31-26-20(28(32)38)8-7-9-22(26)34/h5-9,13,16-17,24-25,31,33-37,39-40H,1-2,10-12,14-15H2,3-4H3/b18-13+. The Morgan fingerprint density at radius 2 is 1.73 bits per heavy atom. The number of allylic oxidation sites excluding steroid dienone is 1. The van der Waals surface area contributed by atoms with Gasteiger partial charge in [-0.3, -0.25) is 4.79 Å². The lowest BCUT2D eigenvalue weighted by Crippen LogP contribution is -2.43. The summed E-state index contributed by atoms with van der Waals surface area (Å²) in [7, 11) is 0. The van der Waals surface area contributed by atoms with Crippen molar-refractivity contribution in [3.63, 3.8) is 0 Å². The van der Waals surface area contributed by atoms with Crippen LogP contribution < -0.4 is 10.2 Å². The van der Waals surface area contributed by atoms with E-state index in [1.165, 1.54) is 48.2 Å². The van der Waals surface area contributed by atoms with Gasteiger partial charge in [-0.2, -0.15) is 0 Å². The molecule has 1 heterocycles. The molecule has 1 aliphatic rings. The zero-order valence-electron chi connectivity index (χ0n) is 22.7. The zero-order valence-corrected chi connectivity index (χ0v) is 22.7. The molecule has 8 N–H and O–H groups in total. The maximum atomic E-state index is 13.5. The van der Waals surface area contributed by atoms with Gasteiger partial charge in [0.1, 0.15) is 34.1 Å². The normalized spacial score (nSPS) is 17.8. The van der Waals surface area contributed by atoms with Crippen LogP contribution in [0.15, 0.2) is 67.3 Å². The number of carbonyl (C=O) groups excluding carboxylic acids is 1. The number of fused-ring (bicyclic) bond motifs is 2. The van der Waals surface area contributed by atoms with Crippen molar-refractivity contribution in [2.75, 3.05) is 16.8 Å². The van der Waals surface area contributed by atoms with E-state index in [1.807, 2.05) is 0 Å². The van der Waals surface area contributed by atoms with Crippen LogP contribution in [0.4, 0.5) is 17.1 Å². The molecular weight excluding hydrogens is 516 g/mol. The summed E-state index contributed by atoms with van der Waals surface area (Å²) in [4.78, 5) is 14.8. The molecule has 10 heteroatoms. The molecule has 0 saturated heterocycles. The first kappa shape index (κ1) is 30.7. The molecule has 216 valence electrons. The van der Waals surface area contributed by atoms with E-state index in [4.69, 9.17) is 0 Å². The van der Waals surface area contributed by atoms with Gasteiger partial charge in [-0.25, -0.2) is 0 Å². The summed E-state index contributed by atoms with van der Waals surface area (Å²) in [5.74, 6) is -1.21. The van der Waals surface area contributed by atoms with Crippen LogP contribution in [0.5, 0.6) is 17.2 Å². The highest BCUT2D eigenvalue weighted by Crippen LogP contribution is 2.45. The van der Waals surface area contributed by atoms with Gasteiger partial charge >= 0.3 is 0 Å². The number of rotatable bonds is 12. The van der Waals surface area contributed by atoms with Gasteiger partial charge in [0.15, 0.2) is 0 Å². The van der Waals surface area contributed by atoms with Gasteiger partial charge in [0.2, 0.25) is 0 Å². The van der Waals surface area contributed by atoms with Gasteiger partial charge in [0, 0.05) is 18.7 Å². The number of phenols is 3. The number of hydrogen-bond acceptors (Lipinski definition) is 9. The molecule has 0 bridgehead atoms. The first-order valence-electron chi connectivity index (χ1n) is 12.9. The minimum Gasteiger partial charge on any atom is -0.508 e. The number of aromatic hydroxyl groups is 3. The minimum absolute atomic E-state index is 0.00530. The monoisotopic (exact) mass is 554 g/mol. The molecule has 3 rings (SSSR count). The first-order valence-corrected chi connectivity index (χ1v) is 12.9. The second kappa shape index (κ2) is 12.1. The maximum Gasteiger partial charge on any atom is 0.260 e. The van der Waals surface area contributed by atoms with Crippen LogP contribution in [-0.4, -0.2) is 71.6 Å². The van der Waals surface area contributed by atoms with E-state index in [1.54, 1.807) is 13.0 Å². The predicted octanol–water partition coefficient (Wildman–Crippen LogP) is 3.59. The van der Waals surface area contributed by atoms with E-state index in [-0.39, 0.29) is 65.7 Å². The van der Waals surface area contributed by atoms with E-state index in [9.17, 15) is 40.5 Å². The number of aliphatic hydroxyl groups is 4. The molecule has 0 aromatic heterocycles. The molecule has 0 radical (unpaired) electrons. The summed E-state index contributed by atoms with van der Waals surface area (Å²) in [6.45, 7) is 10.3. The van der Waals surface area contributed by atoms with Crippen LogP contribution in [0.2, 0.25) is 0 Å². The largest absolute Gasteiger partial charge is 0.508 e. The van der Waals surface area contributed by atoms with Gasteiger partial charge < -0.3 is 46.0 Å². The Hall–Kier alpha value is -3.83. The smallest absolute Gasteiger partial charge is 0.260 e. The van der Waals surface area contributed by atoms with E-state index >= 15 is 0 Å². The number of amides is 1. The summed E-state index contributed by atoms with van der Waals surface area (Å²) in [6, 6.07) is 6.93. The van der Waals surface area contributed by atoms with Gasteiger partial charge in [-0.05, 0) is 51.7 Å². The van der Waals surface area contributed by atoms with E-state index in [2.05, 4.69) is 18.5 Å². The lowest BCUT2D eigenvalue weighted by molar-refractivity contribution is -0.0732. The summed E-state index contributed by atoms with van der Waals surface area (Å²) in [6.07, 6.45) is 2.21. The third-order valence-corrected chi connectivity index (χ3v) is 7.41.